The first kappa shape index (κ1) is 9.43. The molecule has 12 heavy (non-hydrogen) atoms. The molecule has 1 fully saturated rings. The van der Waals surface area contributed by atoms with E-state index in [4.69, 9.17) is 10.3 Å². The first-order valence-corrected chi connectivity index (χ1v) is 5.02. The van der Waals surface area contributed by atoms with Gasteiger partial charge in [0.1, 0.15) is 0 Å². The predicted molar refractivity (Wildman–Crippen MR) is 43.1 cm³/mol. The van der Waals surface area contributed by atoms with E-state index in [1.165, 1.54) is 4.31 Å². The van der Waals surface area contributed by atoms with Crippen LogP contribution in [0.4, 0.5) is 0 Å². The van der Waals surface area contributed by atoms with Gasteiger partial charge < -0.3 is 5.21 Å². The Labute approximate surface area is 70.8 Å². The third-order valence-electron chi connectivity index (χ3n) is 1.80. The van der Waals surface area contributed by atoms with E-state index in [2.05, 4.69) is 5.16 Å². The number of piperidine rings is 1. The summed E-state index contributed by atoms with van der Waals surface area (Å²) in [6, 6.07) is 0. The van der Waals surface area contributed by atoms with Gasteiger partial charge in [0.05, 0.1) is 5.71 Å². The number of hydrogen-bond donors (Lipinski definition) is 2. The first-order valence-electron chi connectivity index (χ1n) is 3.51. The van der Waals surface area contributed by atoms with Gasteiger partial charge in [-0.1, -0.05) is 5.16 Å². The standard InChI is InChI=1S/C5H11N3O3S/c6-12(10,11)8-3-1-5(7-9)2-4-8/h9H,1-4H2,(H2,6,10,11). The molecule has 0 spiro atoms. The maximum Gasteiger partial charge on any atom is 0.276 e. The maximum absolute atomic E-state index is 10.8. The van der Waals surface area contributed by atoms with Crippen LogP contribution in [0.15, 0.2) is 5.16 Å². The van der Waals surface area contributed by atoms with Crippen LogP contribution in [0.2, 0.25) is 0 Å². The fraction of sp³-hybridized carbons (Fsp3) is 0.800. The molecule has 1 aliphatic rings. The SMILES string of the molecule is NS(=O)(=O)N1CCC(=NO)CC1. The van der Waals surface area contributed by atoms with Gasteiger partial charge in [-0.15, -0.1) is 0 Å². The van der Waals surface area contributed by atoms with Crippen LogP contribution in [0.25, 0.3) is 0 Å². The molecule has 1 saturated heterocycles. The molecular weight excluding hydrogens is 182 g/mol. The molecule has 3 N–H and O–H groups in total. The molecule has 0 unspecified atom stereocenters. The van der Waals surface area contributed by atoms with Gasteiger partial charge in [0.25, 0.3) is 10.2 Å². The van der Waals surface area contributed by atoms with Crippen LogP contribution in [0.3, 0.4) is 0 Å². The summed E-state index contributed by atoms with van der Waals surface area (Å²) in [4.78, 5) is 0. The Bertz CT molecular complexity index is 274. The Morgan fingerprint density at radius 2 is 1.92 bits per heavy atom. The van der Waals surface area contributed by atoms with Gasteiger partial charge >= 0.3 is 0 Å². The largest absolute Gasteiger partial charge is 0.411 e. The zero-order valence-electron chi connectivity index (χ0n) is 6.47. The summed E-state index contributed by atoms with van der Waals surface area (Å²) in [5, 5.41) is 16.3. The molecule has 0 amide bonds. The highest BCUT2D eigenvalue weighted by molar-refractivity contribution is 7.86. The van der Waals surface area contributed by atoms with E-state index >= 15 is 0 Å². The van der Waals surface area contributed by atoms with Gasteiger partial charge in [0.2, 0.25) is 0 Å². The third kappa shape index (κ3) is 2.16. The van der Waals surface area contributed by atoms with Crippen molar-refractivity contribution in [3.63, 3.8) is 0 Å². The van der Waals surface area contributed by atoms with Gasteiger partial charge in [0, 0.05) is 25.9 Å². The average molecular weight is 193 g/mol. The van der Waals surface area contributed by atoms with E-state index in [-0.39, 0.29) is 0 Å². The molecule has 0 atom stereocenters. The topological polar surface area (TPSA) is 96.0 Å². The molecule has 0 aromatic carbocycles. The van der Waals surface area contributed by atoms with Gasteiger partial charge in [-0.05, 0) is 0 Å². The van der Waals surface area contributed by atoms with Crippen molar-refractivity contribution in [2.75, 3.05) is 13.1 Å². The van der Waals surface area contributed by atoms with Gasteiger partial charge in [0.15, 0.2) is 0 Å². The van der Waals surface area contributed by atoms with E-state index in [1.54, 1.807) is 0 Å². The van der Waals surface area contributed by atoms with Crippen molar-refractivity contribution < 1.29 is 13.6 Å². The molecule has 0 aromatic heterocycles. The summed E-state index contributed by atoms with van der Waals surface area (Å²) in [6.07, 6.45) is 0.903. The Morgan fingerprint density at radius 3 is 2.25 bits per heavy atom. The molecule has 0 saturated carbocycles. The smallest absolute Gasteiger partial charge is 0.276 e. The van der Waals surface area contributed by atoms with Crippen LogP contribution in [-0.4, -0.2) is 36.7 Å². The molecule has 7 heteroatoms. The Hall–Kier alpha value is -0.660. The monoisotopic (exact) mass is 193 g/mol. The lowest BCUT2D eigenvalue weighted by molar-refractivity contribution is 0.310. The first-order chi connectivity index (χ1) is 5.54. The van der Waals surface area contributed by atoms with Crippen LogP contribution in [0.1, 0.15) is 12.8 Å². The highest BCUT2D eigenvalue weighted by Crippen LogP contribution is 2.08. The molecule has 1 aliphatic heterocycles. The Morgan fingerprint density at radius 1 is 1.42 bits per heavy atom. The van der Waals surface area contributed by atoms with Gasteiger partial charge in [-0.3, -0.25) is 0 Å². The van der Waals surface area contributed by atoms with E-state index in [0.717, 1.165) is 0 Å². The van der Waals surface area contributed by atoms with Crippen LogP contribution >= 0.6 is 0 Å². The number of rotatable bonds is 1. The lowest BCUT2D eigenvalue weighted by Crippen LogP contribution is -2.42. The lowest BCUT2D eigenvalue weighted by Gasteiger charge is -2.23. The Balaban J connectivity index is 2.58. The highest BCUT2D eigenvalue weighted by atomic mass is 32.2. The highest BCUT2D eigenvalue weighted by Gasteiger charge is 2.22. The minimum Gasteiger partial charge on any atom is -0.411 e. The summed E-state index contributed by atoms with van der Waals surface area (Å²) in [5.41, 5.74) is 0.620. The van der Waals surface area contributed by atoms with Crippen molar-refractivity contribution in [3.8, 4) is 0 Å². The minimum absolute atomic E-state index is 0.304. The lowest BCUT2D eigenvalue weighted by atomic mass is 10.1. The normalized spacial score (nSPS) is 20.9. The van der Waals surface area contributed by atoms with E-state index in [9.17, 15) is 8.42 Å². The molecule has 0 radical (unpaired) electrons. The number of nitrogens with zero attached hydrogens (tertiary/aromatic N) is 2. The quantitative estimate of drug-likeness (QED) is 0.418. The maximum atomic E-state index is 10.8. The van der Waals surface area contributed by atoms with Crippen LogP contribution in [-0.2, 0) is 10.2 Å². The van der Waals surface area contributed by atoms with Crippen LogP contribution < -0.4 is 5.14 Å². The molecule has 6 nitrogen and oxygen atoms in total. The summed E-state index contributed by atoms with van der Waals surface area (Å²) in [5.74, 6) is 0. The van der Waals surface area contributed by atoms with E-state index in [1.807, 2.05) is 0 Å². The third-order valence-corrected chi connectivity index (χ3v) is 2.89. The minimum atomic E-state index is -3.56. The molecule has 0 bridgehead atoms. The fourth-order valence-electron chi connectivity index (χ4n) is 1.10. The Kier molecular flexibility index (Phi) is 2.65. The summed E-state index contributed by atoms with van der Waals surface area (Å²) in [7, 11) is -3.56. The van der Waals surface area contributed by atoms with Crippen molar-refractivity contribution >= 4 is 15.9 Å². The van der Waals surface area contributed by atoms with Crippen molar-refractivity contribution in [2.45, 2.75) is 12.8 Å². The summed E-state index contributed by atoms with van der Waals surface area (Å²) >= 11 is 0. The second-order valence-corrected chi connectivity index (χ2v) is 4.16. The zero-order chi connectivity index (χ0) is 9.19. The average Bonchev–Trinajstić information content (AvgIpc) is 2.03. The van der Waals surface area contributed by atoms with Crippen LogP contribution in [0.5, 0.6) is 0 Å². The van der Waals surface area contributed by atoms with Crippen molar-refractivity contribution in [1.29, 1.82) is 0 Å². The van der Waals surface area contributed by atoms with Crippen molar-refractivity contribution in [1.82, 2.24) is 4.31 Å². The van der Waals surface area contributed by atoms with Crippen LogP contribution in [0, 0.1) is 0 Å². The number of oxime groups is 1. The number of hydrogen-bond acceptors (Lipinski definition) is 4. The number of nitrogens with two attached hydrogens (primary N) is 1. The molecular formula is C5H11N3O3S. The van der Waals surface area contributed by atoms with Crippen molar-refractivity contribution in [2.24, 2.45) is 10.3 Å². The van der Waals surface area contributed by atoms with Gasteiger partial charge in [-0.25, -0.2) is 5.14 Å². The van der Waals surface area contributed by atoms with Gasteiger partial charge in [-0.2, -0.15) is 12.7 Å². The molecule has 0 aliphatic carbocycles. The predicted octanol–water partition coefficient (Wildman–Crippen LogP) is -0.884. The van der Waals surface area contributed by atoms with Crippen molar-refractivity contribution in [3.05, 3.63) is 0 Å². The fourth-order valence-corrected chi connectivity index (χ4v) is 1.79. The molecule has 0 aromatic rings. The van der Waals surface area contributed by atoms with E-state index in [0.29, 0.717) is 31.6 Å². The summed E-state index contributed by atoms with van der Waals surface area (Å²) < 4.78 is 22.7. The zero-order valence-corrected chi connectivity index (χ0v) is 7.29. The second kappa shape index (κ2) is 3.38. The summed E-state index contributed by atoms with van der Waals surface area (Å²) in [6.45, 7) is 0.608. The molecule has 1 rings (SSSR count). The second-order valence-electron chi connectivity index (χ2n) is 2.61. The van der Waals surface area contributed by atoms with E-state index < -0.39 is 10.2 Å². The molecule has 1 heterocycles. The molecule has 70 valence electrons.